The molecule has 0 bridgehead atoms. The van der Waals surface area contributed by atoms with Crippen molar-refractivity contribution in [2.45, 2.75) is 50.5 Å². The van der Waals surface area contributed by atoms with Crippen LogP contribution in [-0.2, 0) is 6.42 Å². The summed E-state index contributed by atoms with van der Waals surface area (Å²) in [5, 5.41) is 10.6. The minimum Gasteiger partial charge on any atom is -0.469 e. The smallest absolute Gasteiger partial charge is 0.106 e. The first-order valence-corrected chi connectivity index (χ1v) is 6.50. The SMILES string of the molecule is OC1(Cc2ccco2)CCCC(C2CC2)C1. The fourth-order valence-corrected chi connectivity index (χ4v) is 3.25. The van der Waals surface area contributed by atoms with Crippen LogP contribution in [0.4, 0.5) is 0 Å². The maximum absolute atomic E-state index is 10.6. The molecule has 1 aromatic heterocycles. The molecule has 0 saturated heterocycles. The van der Waals surface area contributed by atoms with Crippen molar-refractivity contribution in [3.63, 3.8) is 0 Å². The van der Waals surface area contributed by atoms with Gasteiger partial charge in [-0.05, 0) is 56.1 Å². The number of aliphatic hydroxyl groups is 1. The zero-order chi connectivity index (χ0) is 11.0. The minimum absolute atomic E-state index is 0.497. The van der Waals surface area contributed by atoms with Gasteiger partial charge in [0.05, 0.1) is 11.9 Å². The van der Waals surface area contributed by atoms with E-state index in [2.05, 4.69) is 0 Å². The maximum Gasteiger partial charge on any atom is 0.106 e. The lowest BCUT2D eigenvalue weighted by Gasteiger charge is -2.36. The molecule has 16 heavy (non-hydrogen) atoms. The Kier molecular flexibility index (Phi) is 2.55. The molecule has 1 aromatic rings. The van der Waals surface area contributed by atoms with Crippen molar-refractivity contribution >= 4 is 0 Å². The Morgan fingerprint density at radius 2 is 2.19 bits per heavy atom. The highest BCUT2D eigenvalue weighted by Crippen LogP contribution is 2.47. The molecule has 2 saturated carbocycles. The van der Waals surface area contributed by atoms with Crippen molar-refractivity contribution in [2.75, 3.05) is 0 Å². The van der Waals surface area contributed by atoms with Gasteiger partial charge in [-0.2, -0.15) is 0 Å². The monoisotopic (exact) mass is 220 g/mol. The first-order chi connectivity index (χ1) is 7.75. The van der Waals surface area contributed by atoms with Crippen LogP contribution in [0.3, 0.4) is 0 Å². The fraction of sp³-hybridized carbons (Fsp3) is 0.714. The molecule has 0 aromatic carbocycles. The third-order valence-electron chi connectivity index (χ3n) is 4.23. The van der Waals surface area contributed by atoms with Crippen LogP contribution in [0.15, 0.2) is 22.8 Å². The third-order valence-corrected chi connectivity index (χ3v) is 4.23. The molecule has 0 spiro atoms. The van der Waals surface area contributed by atoms with Gasteiger partial charge in [0.2, 0.25) is 0 Å². The molecule has 2 aliphatic carbocycles. The molecule has 0 amide bonds. The van der Waals surface area contributed by atoms with E-state index >= 15 is 0 Å². The summed E-state index contributed by atoms with van der Waals surface area (Å²) in [6.07, 6.45) is 9.60. The summed E-state index contributed by atoms with van der Waals surface area (Å²) in [6.45, 7) is 0. The Labute approximate surface area is 96.7 Å². The molecule has 2 heteroatoms. The summed E-state index contributed by atoms with van der Waals surface area (Å²) in [7, 11) is 0. The van der Waals surface area contributed by atoms with Crippen LogP contribution in [0.5, 0.6) is 0 Å². The first-order valence-electron chi connectivity index (χ1n) is 6.50. The predicted molar refractivity (Wildman–Crippen MR) is 62.0 cm³/mol. The average Bonchev–Trinajstić information content (AvgIpc) is 2.99. The Morgan fingerprint density at radius 3 is 2.88 bits per heavy atom. The zero-order valence-corrected chi connectivity index (χ0v) is 9.69. The Morgan fingerprint density at radius 1 is 1.31 bits per heavy atom. The summed E-state index contributed by atoms with van der Waals surface area (Å²) in [4.78, 5) is 0. The van der Waals surface area contributed by atoms with Crippen LogP contribution in [0.1, 0.15) is 44.3 Å². The highest BCUT2D eigenvalue weighted by Gasteiger charge is 2.41. The second-order valence-electron chi connectivity index (χ2n) is 5.67. The molecule has 2 fully saturated rings. The van der Waals surface area contributed by atoms with Gasteiger partial charge in [0, 0.05) is 6.42 Å². The summed E-state index contributed by atoms with van der Waals surface area (Å²) in [6, 6.07) is 3.87. The maximum atomic E-state index is 10.6. The molecular weight excluding hydrogens is 200 g/mol. The van der Waals surface area contributed by atoms with Crippen molar-refractivity contribution in [1.82, 2.24) is 0 Å². The Bertz CT molecular complexity index is 340. The molecule has 0 aliphatic heterocycles. The van der Waals surface area contributed by atoms with Crippen molar-refractivity contribution < 1.29 is 9.52 Å². The lowest BCUT2D eigenvalue weighted by Crippen LogP contribution is -2.37. The van der Waals surface area contributed by atoms with E-state index in [9.17, 15) is 5.11 Å². The Hall–Kier alpha value is -0.760. The van der Waals surface area contributed by atoms with Crippen LogP contribution in [-0.4, -0.2) is 10.7 Å². The lowest BCUT2D eigenvalue weighted by molar-refractivity contribution is -0.0231. The summed E-state index contributed by atoms with van der Waals surface area (Å²) in [5.41, 5.74) is -0.497. The topological polar surface area (TPSA) is 33.4 Å². The molecule has 88 valence electrons. The predicted octanol–water partition coefficient (Wildman–Crippen LogP) is 3.15. The van der Waals surface area contributed by atoms with Crippen molar-refractivity contribution in [1.29, 1.82) is 0 Å². The van der Waals surface area contributed by atoms with Gasteiger partial charge in [-0.1, -0.05) is 6.42 Å². The van der Waals surface area contributed by atoms with Gasteiger partial charge in [0.25, 0.3) is 0 Å². The van der Waals surface area contributed by atoms with Crippen LogP contribution < -0.4 is 0 Å². The molecular formula is C14H20O2. The molecule has 2 aliphatic rings. The van der Waals surface area contributed by atoms with E-state index in [1.54, 1.807) is 6.26 Å². The van der Waals surface area contributed by atoms with Crippen LogP contribution in [0, 0.1) is 11.8 Å². The standard InChI is InChI=1S/C14H20O2/c15-14(10-13-4-2-8-16-13)7-1-3-12(9-14)11-5-6-11/h2,4,8,11-12,15H,1,3,5-7,9-10H2. The number of furan rings is 1. The van der Waals surface area contributed by atoms with Gasteiger partial charge in [-0.15, -0.1) is 0 Å². The van der Waals surface area contributed by atoms with Gasteiger partial charge in [0.1, 0.15) is 5.76 Å². The van der Waals surface area contributed by atoms with Crippen molar-refractivity contribution in [2.24, 2.45) is 11.8 Å². The second kappa shape index (κ2) is 3.92. The van der Waals surface area contributed by atoms with Gasteiger partial charge in [-0.25, -0.2) is 0 Å². The van der Waals surface area contributed by atoms with E-state index < -0.39 is 5.60 Å². The van der Waals surface area contributed by atoms with Gasteiger partial charge in [-0.3, -0.25) is 0 Å². The van der Waals surface area contributed by atoms with E-state index in [1.807, 2.05) is 12.1 Å². The molecule has 1 heterocycles. The van der Waals surface area contributed by atoms with Crippen LogP contribution >= 0.6 is 0 Å². The van der Waals surface area contributed by atoms with E-state index in [-0.39, 0.29) is 0 Å². The van der Waals surface area contributed by atoms with Gasteiger partial charge < -0.3 is 9.52 Å². The Balaban J connectivity index is 1.66. The van der Waals surface area contributed by atoms with Gasteiger partial charge >= 0.3 is 0 Å². The number of hydrogen-bond donors (Lipinski definition) is 1. The minimum atomic E-state index is -0.497. The third kappa shape index (κ3) is 2.17. The summed E-state index contributed by atoms with van der Waals surface area (Å²) >= 11 is 0. The van der Waals surface area contributed by atoms with Crippen LogP contribution in [0.25, 0.3) is 0 Å². The normalized spacial score (nSPS) is 35.2. The van der Waals surface area contributed by atoms with Gasteiger partial charge in [0.15, 0.2) is 0 Å². The number of rotatable bonds is 3. The zero-order valence-electron chi connectivity index (χ0n) is 9.69. The van der Waals surface area contributed by atoms with Crippen LogP contribution in [0.2, 0.25) is 0 Å². The molecule has 3 rings (SSSR count). The number of hydrogen-bond acceptors (Lipinski definition) is 2. The lowest BCUT2D eigenvalue weighted by atomic mass is 9.74. The highest BCUT2D eigenvalue weighted by molar-refractivity contribution is 5.05. The summed E-state index contributed by atoms with van der Waals surface area (Å²) in [5.74, 6) is 2.62. The van der Waals surface area contributed by atoms with E-state index in [0.717, 1.165) is 30.4 Å². The molecule has 2 unspecified atom stereocenters. The van der Waals surface area contributed by atoms with E-state index in [4.69, 9.17) is 4.42 Å². The van der Waals surface area contributed by atoms with Crippen molar-refractivity contribution in [3.05, 3.63) is 24.2 Å². The highest BCUT2D eigenvalue weighted by atomic mass is 16.3. The first kappa shape index (κ1) is 10.4. The molecule has 2 atom stereocenters. The van der Waals surface area contributed by atoms with Crippen molar-refractivity contribution in [3.8, 4) is 0 Å². The second-order valence-corrected chi connectivity index (χ2v) is 5.67. The van der Waals surface area contributed by atoms with E-state index in [1.165, 1.54) is 25.7 Å². The molecule has 1 N–H and O–H groups in total. The quantitative estimate of drug-likeness (QED) is 0.848. The molecule has 2 nitrogen and oxygen atoms in total. The largest absolute Gasteiger partial charge is 0.469 e. The average molecular weight is 220 g/mol. The molecule has 0 radical (unpaired) electrons. The fourth-order valence-electron chi connectivity index (χ4n) is 3.25. The summed E-state index contributed by atoms with van der Waals surface area (Å²) < 4.78 is 5.35. The van der Waals surface area contributed by atoms with E-state index in [0.29, 0.717) is 6.42 Å².